The average molecular weight is 536 g/mol. The van der Waals surface area contributed by atoms with Crippen molar-refractivity contribution in [2.24, 2.45) is 5.92 Å². The van der Waals surface area contributed by atoms with E-state index in [0.717, 1.165) is 35.1 Å². The largest absolute Gasteiger partial charge is 0.467 e. The van der Waals surface area contributed by atoms with E-state index in [2.05, 4.69) is 5.32 Å². The molecular formula is C31H38NO5P. The number of nitrogens with one attached hydrogen (secondary N) is 1. The summed E-state index contributed by atoms with van der Waals surface area (Å²) in [7, 11) is -2.34. The normalized spacial score (nSPS) is 14.2. The first-order chi connectivity index (χ1) is 18.3. The molecule has 0 aromatic heterocycles. The van der Waals surface area contributed by atoms with Crippen molar-refractivity contribution in [3.8, 4) is 11.1 Å². The van der Waals surface area contributed by atoms with Crippen molar-refractivity contribution in [1.82, 2.24) is 5.32 Å². The summed E-state index contributed by atoms with van der Waals surface area (Å²) in [6, 6.07) is 26.6. The minimum absolute atomic E-state index is 0.0873. The number of unbranched alkanes of at least 4 members (excludes halogenated alkanes) is 1. The van der Waals surface area contributed by atoms with Crippen molar-refractivity contribution in [2.45, 2.75) is 45.1 Å². The van der Waals surface area contributed by atoms with Crippen molar-refractivity contribution < 1.29 is 23.8 Å². The molecule has 0 bridgehead atoms. The molecule has 0 aliphatic heterocycles. The Bertz CT molecular complexity index is 1200. The van der Waals surface area contributed by atoms with Gasteiger partial charge in [-0.3, -0.25) is 9.36 Å². The molecule has 7 heteroatoms. The van der Waals surface area contributed by atoms with E-state index in [1.54, 1.807) is 0 Å². The number of methoxy groups -OCH3 is 1. The van der Waals surface area contributed by atoms with Gasteiger partial charge in [-0.25, -0.2) is 4.79 Å². The van der Waals surface area contributed by atoms with Crippen LogP contribution in [0.1, 0.15) is 37.3 Å². The smallest absolute Gasteiger partial charge is 0.328 e. The number of rotatable bonds is 14. The SMILES string of the molecule is CCCCC(NC(=O)C(Cc1ccc(-c2ccccc2)cc1)CP(=O)(O)CCc1ccccc1)C(=O)OC. The van der Waals surface area contributed by atoms with E-state index in [-0.39, 0.29) is 12.3 Å². The van der Waals surface area contributed by atoms with Crippen LogP contribution in [0.5, 0.6) is 0 Å². The first-order valence-corrected chi connectivity index (χ1v) is 15.2. The average Bonchev–Trinajstić information content (AvgIpc) is 2.94. The Balaban J connectivity index is 1.78. The van der Waals surface area contributed by atoms with Gasteiger partial charge in [0.2, 0.25) is 13.3 Å². The monoisotopic (exact) mass is 535 g/mol. The van der Waals surface area contributed by atoms with Gasteiger partial charge < -0.3 is 14.9 Å². The van der Waals surface area contributed by atoms with E-state index in [1.165, 1.54) is 7.11 Å². The third kappa shape index (κ3) is 9.27. The Kier molecular flexibility index (Phi) is 11.3. The number of esters is 1. The molecule has 3 rings (SSSR count). The third-order valence-electron chi connectivity index (χ3n) is 6.66. The van der Waals surface area contributed by atoms with E-state index < -0.39 is 31.2 Å². The van der Waals surface area contributed by atoms with E-state index in [0.29, 0.717) is 19.3 Å². The van der Waals surface area contributed by atoms with Gasteiger partial charge in [0.25, 0.3) is 0 Å². The molecule has 6 nitrogen and oxygen atoms in total. The number of hydrogen-bond donors (Lipinski definition) is 2. The molecule has 3 aromatic carbocycles. The van der Waals surface area contributed by atoms with Gasteiger partial charge in [-0.1, -0.05) is 105 Å². The summed E-state index contributed by atoms with van der Waals surface area (Å²) < 4.78 is 18.2. The molecular weight excluding hydrogens is 497 g/mol. The fraction of sp³-hybridized carbons (Fsp3) is 0.355. The van der Waals surface area contributed by atoms with E-state index in [4.69, 9.17) is 4.74 Å². The zero-order chi connectivity index (χ0) is 27.4. The summed E-state index contributed by atoms with van der Waals surface area (Å²) in [4.78, 5) is 36.6. The highest BCUT2D eigenvalue weighted by molar-refractivity contribution is 7.58. The molecule has 38 heavy (non-hydrogen) atoms. The van der Waals surface area contributed by atoms with Crippen LogP contribution in [0.25, 0.3) is 11.1 Å². The van der Waals surface area contributed by atoms with Crippen LogP contribution in [0.3, 0.4) is 0 Å². The maximum Gasteiger partial charge on any atom is 0.328 e. The van der Waals surface area contributed by atoms with Gasteiger partial charge in [-0.15, -0.1) is 0 Å². The fourth-order valence-electron chi connectivity index (χ4n) is 4.46. The lowest BCUT2D eigenvalue weighted by Crippen LogP contribution is -2.45. The Morgan fingerprint density at radius 1 is 0.895 bits per heavy atom. The van der Waals surface area contributed by atoms with Crippen LogP contribution in [-0.4, -0.2) is 42.2 Å². The van der Waals surface area contributed by atoms with Gasteiger partial charge in [0, 0.05) is 12.3 Å². The molecule has 202 valence electrons. The predicted molar refractivity (Wildman–Crippen MR) is 152 cm³/mol. The molecule has 0 radical (unpaired) electrons. The Labute approximate surface area is 225 Å². The Morgan fingerprint density at radius 2 is 1.50 bits per heavy atom. The van der Waals surface area contributed by atoms with Crippen LogP contribution in [0.15, 0.2) is 84.9 Å². The second-order valence-electron chi connectivity index (χ2n) is 9.68. The second kappa shape index (κ2) is 14.7. The highest BCUT2D eigenvalue weighted by atomic mass is 31.2. The number of amides is 1. The van der Waals surface area contributed by atoms with Crippen molar-refractivity contribution in [3.63, 3.8) is 0 Å². The lowest BCUT2D eigenvalue weighted by molar-refractivity contribution is -0.145. The lowest BCUT2D eigenvalue weighted by atomic mass is 9.97. The molecule has 0 saturated carbocycles. The molecule has 0 heterocycles. The molecule has 0 fully saturated rings. The van der Waals surface area contributed by atoms with Gasteiger partial charge in [0.05, 0.1) is 13.0 Å². The maximum atomic E-state index is 13.4. The first-order valence-electron chi connectivity index (χ1n) is 13.2. The molecule has 0 saturated heterocycles. The predicted octanol–water partition coefficient (Wildman–Crippen LogP) is 5.87. The number of benzene rings is 3. The number of carbonyl (C=O) groups excluding carboxylic acids is 2. The molecule has 3 atom stereocenters. The molecule has 3 unspecified atom stereocenters. The minimum Gasteiger partial charge on any atom is -0.467 e. The molecule has 1 amide bonds. The Hall–Kier alpha value is -3.21. The van der Waals surface area contributed by atoms with Crippen molar-refractivity contribution in [1.29, 1.82) is 0 Å². The van der Waals surface area contributed by atoms with Crippen LogP contribution in [0.4, 0.5) is 0 Å². The molecule has 0 aliphatic carbocycles. The molecule has 3 aromatic rings. The number of ether oxygens (including phenoxy) is 1. The summed E-state index contributed by atoms with van der Waals surface area (Å²) in [5.41, 5.74) is 4.00. The van der Waals surface area contributed by atoms with E-state index >= 15 is 0 Å². The summed E-state index contributed by atoms with van der Waals surface area (Å²) >= 11 is 0. The van der Waals surface area contributed by atoms with Gasteiger partial charge in [-0.05, 0) is 41.5 Å². The summed E-state index contributed by atoms with van der Waals surface area (Å²) in [6.45, 7) is 2.01. The molecule has 2 N–H and O–H groups in total. The van der Waals surface area contributed by atoms with Crippen LogP contribution >= 0.6 is 7.37 Å². The van der Waals surface area contributed by atoms with Crippen molar-refractivity contribution in [3.05, 3.63) is 96.1 Å². The summed E-state index contributed by atoms with van der Waals surface area (Å²) in [5.74, 6) is -1.68. The van der Waals surface area contributed by atoms with Crippen molar-refractivity contribution in [2.75, 3.05) is 19.4 Å². The lowest BCUT2D eigenvalue weighted by Gasteiger charge is -2.23. The van der Waals surface area contributed by atoms with Crippen molar-refractivity contribution >= 4 is 19.2 Å². The highest BCUT2D eigenvalue weighted by Crippen LogP contribution is 2.43. The topological polar surface area (TPSA) is 92.7 Å². The van der Waals surface area contributed by atoms with Crippen LogP contribution < -0.4 is 5.32 Å². The van der Waals surface area contributed by atoms with Gasteiger partial charge in [0.15, 0.2) is 0 Å². The van der Waals surface area contributed by atoms with Crippen LogP contribution in [0, 0.1) is 5.92 Å². The quantitative estimate of drug-likeness (QED) is 0.199. The standard InChI is InChI=1S/C31H38NO5P/c1-3-4-15-29(31(34)37-2)32-30(33)28(23-38(35,36)21-20-24-11-7-5-8-12-24)22-25-16-18-27(19-17-25)26-13-9-6-10-14-26/h5-14,16-19,28-29H,3-4,15,20-23H2,1-2H3,(H,32,33)(H,35,36). The summed E-state index contributed by atoms with van der Waals surface area (Å²) in [6.07, 6.45) is 2.75. The zero-order valence-electron chi connectivity index (χ0n) is 22.2. The van der Waals surface area contributed by atoms with E-state index in [9.17, 15) is 19.0 Å². The van der Waals surface area contributed by atoms with Crippen LogP contribution in [-0.2, 0) is 31.7 Å². The van der Waals surface area contributed by atoms with Gasteiger partial charge >= 0.3 is 5.97 Å². The fourth-order valence-corrected chi connectivity index (χ4v) is 6.24. The van der Waals surface area contributed by atoms with E-state index in [1.807, 2.05) is 91.9 Å². The van der Waals surface area contributed by atoms with Gasteiger partial charge in [0.1, 0.15) is 6.04 Å². The number of carbonyl (C=O) groups is 2. The maximum absolute atomic E-state index is 13.4. The second-order valence-corrected chi connectivity index (χ2v) is 12.2. The molecule has 0 aliphatic rings. The number of hydrogen-bond acceptors (Lipinski definition) is 4. The summed E-state index contributed by atoms with van der Waals surface area (Å²) in [5, 5.41) is 2.81. The highest BCUT2D eigenvalue weighted by Gasteiger charge is 2.31. The zero-order valence-corrected chi connectivity index (χ0v) is 23.1. The van der Waals surface area contributed by atoms with Gasteiger partial charge in [-0.2, -0.15) is 0 Å². The minimum atomic E-state index is -3.63. The van der Waals surface area contributed by atoms with Crippen LogP contribution in [0.2, 0.25) is 0 Å². The molecule has 0 spiro atoms. The Morgan fingerprint density at radius 3 is 2.11 bits per heavy atom. The number of aryl methyl sites for hydroxylation is 1. The first kappa shape index (κ1) is 29.3. The third-order valence-corrected chi connectivity index (χ3v) is 8.59.